The van der Waals surface area contributed by atoms with Gasteiger partial charge in [-0.3, -0.25) is 0 Å². The van der Waals surface area contributed by atoms with Gasteiger partial charge in [-0.15, -0.1) is 0 Å². The summed E-state index contributed by atoms with van der Waals surface area (Å²) in [7, 11) is 3.60. The number of rotatable bonds is 11. The molecule has 3 aromatic carbocycles. The van der Waals surface area contributed by atoms with E-state index in [9.17, 15) is 4.79 Å². The Morgan fingerprint density at radius 2 is 1.56 bits per heavy atom. The van der Waals surface area contributed by atoms with Crippen molar-refractivity contribution in [2.24, 2.45) is 13.0 Å². The van der Waals surface area contributed by atoms with Crippen LogP contribution in [0.3, 0.4) is 0 Å². The molecule has 204 valence electrons. The third-order valence-corrected chi connectivity index (χ3v) is 6.68. The molecule has 0 saturated heterocycles. The van der Waals surface area contributed by atoms with E-state index in [2.05, 4.69) is 23.4 Å². The van der Waals surface area contributed by atoms with Crippen molar-refractivity contribution in [2.75, 3.05) is 13.7 Å². The molecule has 0 saturated carbocycles. The van der Waals surface area contributed by atoms with Crippen molar-refractivity contribution >= 4 is 6.09 Å². The number of aromatic nitrogens is 2. The molecule has 1 heterocycles. The molecular formula is C32H37N3O4. The Morgan fingerprint density at radius 1 is 0.923 bits per heavy atom. The molecule has 0 aliphatic carbocycles. The molecule has 4 aromatic rings. The second kappa shape index (κ2) is 13.0. The van der Waals surface area contributed by atoms with Crippen LogP contribution in [0.4, 0.5) is 4.79 Å². The van der Waals surface area contributed by atoms with E-state index in [0.29, 0.717) is 30.6 Å². The molecule has 0 radical (unpaired) electrons. The normalized spacial score (nSPS) is 11.7. The molecule has 0 N–H and O–H groups in total. The average Bonchev–Trinajstić information content (AvgIpc) is 3.32. The van der Waals surface area contributed by atoms with Gasteiger partial charge < -0.3 is 23.7 Å². The summed E-state index contributed by atoms with van der Waals surface area (Å²) in [6, 6.07) is 25.0. The van der Waals surface area contributed by atoms with Crippen LogP contribution in [-0.2, 0) is 13.7 Å². The van der Waals surface area contributed by atoms with Crippen LogP contribution in [0.1, 0.15) is 44.5 Å². The van der Waals surface area contributed by atoms with Crippen LogP contribution in [0.25, 0.3) is 11.4 Å². The van der Waals surface area contributed by atoms with Crippen LogP contribution in [0.2, 0.25) is 0 Å². The fourth-order valence-corrected chi connectivity index (χ4v) is 4.55. The number of hydrogen-bond acceptors (Lipinski definition) is 5. The lowest BCUT2D eigenvalue weighted by molar-refractivity contribution is 0.127. The Bertz CT molecular complexity index is 1330. The quantitative estimate of drug-likeness (QED) is 0.205. The molecular weight excluding hydrogens is 490 g/mol. The van der Waals surface area contributed by atoms with Gasteiger partial charge in [-0.2, -0.15) is 0 Å². The number of hydrogen-bond donors (Lipinski definition) is 0. The zero-order valence-electron chi connectivity index (χ0n) is 23.3. The number of carbonyl (C=O) groups excluding carboxylic acids is 1. The molecule has 1 atom stereocenters. The first-order chi connectivity index (χ1) is 18.9. The van der Waals surface area contributed by atoms with Crippen molar-refractivity contribution in [3.05, 3.63) is 96.3 Å². The van der Waals surface area contributed by atoms with Gasteiger partial charge in [0.15, 0.2) is 0 Å². The van der Waals surface area contributed by atoms with E-state index in [4.69, 9.17) is 14.2 Å². The van der Waals surface area contributed by atoms with Gasteiger partial charge in [-0.1, -0.05) is 56.3 Å². The summed E-state index contributed by atoms with van der Waals surface area (Å²) in [4.78, 5) is 19.5. The third kappa shape index (κ3) is 6.99. The first kappa shape index (κ1) is 27.8. The van der Waals surface area contributed by atoms with Crippen LogP contribution in [-0.4, -0.2) is 34.2 Å². The molecule has 0 bridgehead atoms. The van der Waals surface area contributed by atoms with E-state index in [0.717, 1.165) is 34.8 Å². The van der Waals surface area contributed by atoms with Crippen molar-refractivity contribution in [2.45, 2.75) is 39.8 Å². The van der Waals surface area contributed by atoms with E-state index in [1.54, 1.807) is 36.3 Å². The van der Waals surface area contributed by atoms with Crippen molar-refractivity contribution in [1.82, 2.24) is 14.5 Å². The minimum absolute atomic E-state index is 0.125. The number of nitrogens with zero attached hydrogens (tertiary/aromatic N) is 3. The van der Waals surface area contributed by atoms with E-state index < -0.39 is 0 Å². The van der Waals surface area contributed by atoms with E-state index in [-0.39, 0.29) is 12.1 Å². The van der Waals surface area contributed by atoms with Crippen molar-refractivity contribution in [3.8, 4) is 28.6 Å². The van der Waals surface area contributed by atoms with E-state index in [1.165, 1.54) is 0 Å². The topological polar surface area (TPSA) is 65.8 Å². The fraction of sp³-hybridized carbons (Fsp3) is 0.312. The summed E-state index contributed by atoms with van der Waals surface area (Å²) in [5.74, 6) is 3.24. The smallest absolute Gasteiger partial charge is 0.415 e. The Morgan fingerprint density at radius 3 is 2.18 bits per heavy atom. The second-order valence-corrected chi connectivity index (χ2v) is 9.83. The number of imidazole rings is 1. The van der Waals surface area contributed by atoms with Gasteiger partial charge in [0.2, 0.25) is 0 Å². The Hall–Kier alpha value is -4.26. The van der Waals surface area contributed by atoms with Crippen molar-refractivity contribution < 1.29 is 19.0 Å². The maximum atomic E-state index is 13.2. The summed E-state index contributed by atoms with van der Waals surface area (Å²) in [6.45, 7) is 7.21. The predicted octanol–water partition coefficient (Wildman–Crippen LogP) is 7.28. The van der Waals surface area contributed by atoms with Crippen LogP contribution >= 0.6 is 0 Å². The van der Waals surface area contributed by atoms with Gasteiger partial charge in [0.1, 0.15) is 29.7 Å². The lowest BCUT2D eigenvalue weighted by Crippen LogP contribution is -2.37. The van der Waals surface area contributed by atoms with Crippen molar-refractivity contribution in [1.29, 1.82) is 0 Å². The van der Waals surface area contributed by atoms with Crippen LogP contribution in [0.15, 0.2) is 85.1 Å². The minimum Gasteiger partial charge on any atom is -0.497 e. The maximum Gasteiger partial charge on any atom is 0.415 e. The summed E-state index contributed by atoms with van der Waals surface area (Å²) in [6.07, 6.45) is 2.28. The van der Waals surface area contributed by atoms with Crippen LogP contribution in [0.5, 0.6) is 17.2 Å². The number of amides is 1. The standard InChI is InChI=1S/C32H37N3O4/c1-6-35(32(36)39-29-18-16-27(37-5)17-19-29)30(20-23(2)3)24-12-14-28(15-13-24)38-22-26-21-33-31(34(26)4)25-10-8-7-9-11-25/h7-19,21,23,30H,6,20,22H2,1-5H3. The van der Waals surface area contributed by atoms with Gasteiger partial charge >= 0.3 is 6.09 Å². The number of methoxy groups -OCH3 is 1. The molecule has 7 heteroatoms. The van der Waals surface area contributed by atoms with E-state index in [1.807, 2.05) is 74.8 Å². The van der Waals surface area contributed by atoms with Crippen LogP contribution < -0.4 is 14.2 Å². The van der Waals surface area contributed by atoms with E-state index >= 15 is 0 Å². The summed E-state index contributed by atoms with van der Waals surface area (Å²) in [5, 5.41) is 0. The highest BCUT2D eigenvalue weighted by atomic mass is 16.6. The summed E-state index contributed by atoms with van der Waals surface area (Å²) in [5.41, 5.74) is 3.09. The SMILES string of the molecule is CCN(C(=O)Oc1ccc(OC)cc1)C(CC(C)C)c1ccc(OCc2cnc(-c3ccccc3)n2C)cc1. The number of carbonyl (C=O) groups is 1. The van der Waals surface area contributed by atoms with Crippen LogP contribution in [0, 0.1) is 5.92 Å². The minimum atomic E-state index is -0.376. The monoisotopic (exact) mass is 527 g/mol. The molecule has 0 aliphatic heterocycles. The molecule has 1 aromatic heterocycles. The van der Waals surface area contributed by atoms with Gasteiger partial charge in [0.25, 0.3) is 0 Å². The van der Waals surface area contributed by atoms with Crippen molar-refractivity contribution in [3.63, 3.8) is 0 Å². The Kier molecular flexibility index (Phi) is 9.26. The molecule has 0 spiro atoms. The molecule has 1 amide bonds. The lowest BCUT2D eigenvalue weighted by atomic mass is 9.95. The molecule has 39 heavy (non-hydrogen) atoms. The molecule has 0 fully saturated rings. The van der Waals surface area contributed by atoms with Gasteiger partial charge in [-0.25, -0.2) is 9.78 Å². The summed E-state index contributed by atoms with van der Waals surface area (Å²) >= 11 is 0. The summed E-state index contributed by atoms with van der Waals surface area (Å²) < 4.78 is 19.0. The highest BCUT2D eigenvalue weighted by Crippen LogP contribution is 2.31. The maximum absolute atomic E-state index is 13.2. The second-order valence-electron chi connectivity index (χ2n) is 9.83. The largest absolute Gasteiger partial charge is 0.497 e. The predicted molar refractivity (Wildman–Crippen MR) is 153 cm³/mol. The molecule has 7 nitrogen and oxygen atoms in total. The Labute approximate surface area is 231 Å². The highest BCUT2D eigenvalue weighted by Gasteiger charge is 2.26. The third-order valence-electron chi connectivity index (χ3n) is 6.68. The van der Waals surface area contributed by atoms with Gasteiger partial charge in [0, 0.05) is 19.2 Å². The number of benzene rings is 3. The zero-order valence-corrected chi connectivity index (χ0v) is 23.3. The number of ether oxygens (including phenoxy) is 3. The lowest BCUT2D eigenvalue weighted by Gasteiger charge is -2.31. The molecule has 1 unspecified atom stereocenters. The average molecular weight is 528 g/mol. The Balaban J connectivity index is 1.45. The fourth-order valence-electron chi connectivity index (χ4n) is 4.55. The zero-order chi connectivity index (χ0) is 27.8. The first-order valence-electron chi connectivity index (χ1n) is 13.3. The van der Waals surface area contributed by atoms with Gasteiger partial charge in [-0.05, 0) is 61.2 Å². The highest BCUT2D eigenvalue weighted by molar-refractivity contribution is 5.71. The molecule has 4 rings (SSSR count). The van der Waals surface area contributed by atoms with Gasteiger partial charge in [0.05, 0.1) is 25.0 Å². The first-order valence-corrected chi connectivity index (χ1v) is 13.3. The molecule has 0 aliphatic rings.